The van der Waals surface area contributed by atoms with Crippen molar-refractivity contribution in [3.05, 3.63) is 0 Å². The van der Waals surface area contributed by atoms with Gasteiger partial charge in [0.1, 0.15) is 0 Å². The normalized spacial score (nSPS) is 24.4. The second-order valence-electron chi connectivity index (χ2n) is 4.62. The summed E-state index contributed by atoms with van der Waals surface area (Å²) in [4.78, 5) is 26.4. The Hall–Kier alpha value is -0.940. The number of carbonyl (C=O) groups is 2. The van der Waals surface area contributed by atoms with Crippen molar-refractivity contribution in [3.8, 4) is 0 Å². The zero-order valence-electron chi connectivity index (χ0n) is 9.52. The lowest BCUT2D eigenvalue weighted by atomic mass is 10.1. The minimum absolute atomic E-state index is 0.0151. The topological polar surface area (TPSA) is 66.6 Å². The maximum atomic E-state index is 11.4. The average Bonchev–Trinajstić information content (AvgIpc) is 2.59. The number of amides is 2. The molecular weight excluding hydrogens is 206 g/mol. The van der Waals surface area contributed by atoms with Crippen LogP contribution < -0.4 is 5.73 Å². The summed E-state index contributed by atoms with van der Waals surface area (Å²) >= 11 is 0. The number of nitrogens with two attached hydrogens (primary N) is 1. The van der Waals surface area contributed by atoms with Gasteiger partial charge in [-0.05, 0) is 25.9 Å². The fourth-order valence-electron chi connectivity index (χ4n) is 2.29. The number of rotatable bonds is 3. The summed E-state index contributed by atoms with van der Waals surface area (Å²) in [7, 11) is 0. The van der Waals surface area contributed by atoms with Gasteiger partial charge in [0.05, 0.1) is 0 Å². The van der Waals surface area contributed by atoms with E-state index in [-0.39, 0.29) is 11.8 Å². The molecule has 2 amide bonds. The first-order valence-corrected chi connectivity index (χ1v) is 5.98. The fourth-order valence-corrected chi connectivity index (χ4v) is 2.29. The summed E-state index contributed by atoms with van der Waals surface area (Å²) in [5.74, 6) is -0.0302. The largest absolute Gasteiger partial charge is 0.328 e. The summed E-state index contributed by atoms with van der Waals surface area (Å²) in [6.45, 7) is 3.31. The summed E-state index contributed by atoms with van der Waals surface area (Å²) in [6.07, 6.45) is 2.82. The van der Waals surface area contributed by atoms with Crippen molar-refractivity contribution in [2.24, 2.45) is 5.73 Å². The minimum Gasteiger partial charge on any atom is -0.328 e. The van der Waals surface area contributed by atoms with E-state index in [1.807, 2.05) is 0 Å². The highest BCUT2D eigenvalue weighted by atomic mass is 16.2. The monoisotopic (exact) mass is 225 g/mol. The van der Waals surface area contributed by atoms with E-state index >= 15 is 0 Å². The van der Waals surface area contributed by atoms with Crippen LogP contribution in [0.25, 0.3) is 0 Å². The third-order valence-corrected chi connectivity index (χ3v) is 3.43. The van der Waals surface area contributed by atoms with Crippen molar-refractivity contribution < 1.29 is 9.59 Å². The van der Waals surface area contributed by atoms with E-state index in [0.29, 0.717) is 25.4 Å². The van der Waals surface area contributed by atoms with Gasteiger partial charge in [-0.1, -0.05) is 0 Å². The number of likely N-dealkylation sites (tertiary alicyclic amines) is 2. The van der Waals surface area contributed by atoms with E-state index in [1.165, 1.54) is 4.90 Å². The fraction of sp³-hybridized carbons (Fsp3) is 0.818. The molecule has 90 valence electrons. The molecule has 2 aliphatic rings. The number of hydrogen-bond acceptors (Lipinski definition) is 4. The maximum absolute atomic E-state index is 11.4. The molecule has 2 rings (SSSR count). The Morgan fingerprint density at radius 1 is 1.06 bits per heavy atom. The van der Waals surface area contributed by atoms with Gasteiger partial charge in [0, 0.05) is 32.0 Å². The quantitative estimate of drug-likeness (QED) is 0.661. The molecule has 0 aromatic rings. The minimum atomic E-state index is -0.0151. The van der Waals surface area contributed by atoms with Crippen molar-refractivity contribution in [3.63, 3.8) is 0 Å². The number of nitrogens with zero attached hydrogens (tertiary/aromatic N) is 2. The first-order chi connectivity index (χ1) is 7.66. The molecule has 0 aliphatic carbocycles. The van der Waals surface area contributed by atoms with Gasteiger partial charge in [0.2, 0.25) is 11.8 Å². The van der Waals surface area contributed by atoms with Crippen LogP contribution in [0.3, 0.4) is 0 Å². The molecule has 0 atom stereocenters. The Labute approximate surface area is 95.6 Å². The van der Waals surface area contributed by atoms with E-state index < -0.39 is 0 Å². The lowest BCUT2D eigenvalue weighted by Gasteiger charge is -2.30. The van der Waals surface area contributed by atoms with E-state index in [0.717, 1.165) is 32.5 Å². The van der Waals surface area contributed by atoms with Gasteiger partial charge in [-0.15, -0.1) is 0 Å². The Balaban J connectivity index is 1.75. The van der Waals surface area contributed by atoms with Gasteiger partial charge < -0.3 is 10.6 Å². The number of hydrogen-bond donors (Lipinski definition) is 1. The van der Waals surface area contributed by atoms with Crippen LogP contribution in [0, 0.1) is 0 Å². The molecule has 2 saturated heterocycles. The predicted molar refractivity (Wildman–Crippen MR) is 59.6 cm³/mol. The molecular formula is C11H19N3O2. The smallest absolute Gasteiger partial charge is 0.229 e. The molecule has 0 unspecified atom stereocenters. The van der Waals surface area contributed by atoms with Crippen LogP contribution in [-0.2, 0) is 9.59 Å². The predicted octanol–water partition coefficient (Wildman–Crippen LogP) is -0.441. The van der Waals surface area contributed by atoms with Gasteiger partial charge in [0.25, 0.3) is 0 Å². The summed E-state index contributed by atoms with van der Waals surface area (Å²) < 4.78 is 0. The Morgan fingerprint density at radius 3 is 2.19 bits per heavy atom. The van der Waals surface area contributed by atoms with Gasteiger partial charge >= 0.3 is 0 Å². The molecule has 5 nitrogen and oxygen atoms in total. The van der Waals surface area contributed by atoms with E-state index in [9.17, 15) is 9.59 Å². The van der Waals surface area contributed by atoms with Gasteiger partial charge in [-0.2, -0.15) is 0 Å². The standard InChI is InChI=1S/C11H19N3O2/c12-9-3-5-13(6-4-9)7-8-14-10(15)1-2-11(14)16/h9H,1-8,12H2. The second-order valence-corrected chi connectivity index (χ2v) is 4.62. The number of piperidine rings is 1. The van der Waals surface area contributed by atoms with Gasteiger partial charge in [-0.25, -0.2) is 0 Å². The lowest BCUT2D eigenvalue weighted by molar-refractivity contribution is -0.138. The molecule has 0 aromatic carbocycles. The van der Waals surface area contributed by atoms with Crippen LogP contribution in [-0.4, -0.2) is 53.8 Å². The van der Waals surface area contributed by atoms with Crippen LogP contribution >= 0.6 is 0 Å². The number of carbonyl (C=O) groups excluding carboxylic acids is 2. The van der Waals surface area contributed by atoms with Crippen LogP contribution in [0.1, 0.15) is 25.7 Å². The molecule has 0 aromatic heterocycles. The highest BCUT2D eigenvalue weighted by Crippen LogP contribution is 2.12. The van der Waals surface area contributed by atoms with Crippen molar-refractivity contribution >= 4 is 11.8 Å². The van der Waals surface area contributed by atoms with E-state index in [1.54, 1.807) is 0 Å². The molecule has 2 heterocycles. The first kappa shape index (κ1) is 11.5. The zero-order chi connectivity index (χ0) is 11.5. The Kier molecular flexibility index (Phi) is 3.56. The van der Waals surface area contributed by atoms with Crippen LogP contribution in [0.4, 0.5) is 0 Å². The van der Waals surface area contributed by atoms with Crippen molar-refractivity contribution in [2.75, 3.05) is 26.2 Å². The lowest BCUT2D eigenvalue weighted by Crippen LogP contribution is -2.44. The summed E-state index contributed by atoms with van der Waals surface area (Å²) in [5, 5.41) is 0. The number of imide groups is 1. The van der Waals surface area contributed by atoms with Crippen molar-refractivity contribution in [2.45, 2.75) is 31.7 Å². The Bertz CT molecular complexity index is 269. The molecule has 0 saturated carbocycles. The second kappa shape index (κ2) is 4.93. The third kappa shape index (κ3) is 2.59. The highest BCUT2D eigenvalue weighted by Gasteiger charge is 2.29. The SMILES string of the molecule is NC1CCN(CCN2C(=O)CCC2=O)CC1. The molecule has 0 radical (unpaired) electrons. The molecule has 0 spiro atoms. The van der Waals surface area contributed by atoms with E-state index in [4.69, 9.17) is 5.73 Å². The molecule has 16 heavy (non-hydrogen) atoms. The van der Waals surface area contributed by atoms with Gasteiger partial charge in [-0.3, -0.25) is 14.5 Å². The molecule has 2 aliphatic heterocycles. The molecule has 0 bridgehead atoms. The van der Waals surface area contributed by atoms with Crippen LogP contribution in [0.5, 0.6) is 0 Å². The first-order valence-electron chi connectivity index (χ1n) is 5.98. The van der Waals surface area contributed by atoms with E-state index in [2.05, 4.69) is 4.90 Å². The Morgan fingerprint density at radius 2 is 1.62 bits per heavy atom. The molecule has 5 heteroatoms. The van der Waals surface area contributed by atoms with Crippen LogP contribution in [0.15, 0.2) is 0 Å². The maximum Gasteiger partial charge on any atom is 0.229 e. The average molecular weight is 225 g/mol. The molecule has 2 N–H and O–H groups in total. The zero-order valence-corrected chi connectivity index (χ0v) is 9.52. The van der Waals surface area contributed by atoms with Crippen molar-refractivity contribution in [1.29, 1.82) is 0 Å². The molecule has 2 fully saturated rings. The summed E-state index contributed by atoms with van der Waals surface area (Å²) in [6, 6.07) is 0.325. The van der Waals surface area contributed by atoms with Crippen LogP contribution in [0.2, 0.25) is 0 Å². The third-order valence-electron chi connectivity index (χ3n) is 3.43. The van der Waals surface area contributed by atoms with Crippen molar-refractivity contribution in [1.82, 2.24) is 9.80 Å². The highest BCUT2D eigenvalue weighted by molar-refractivity contribution is 6.01. The van der Waals surface area contributed by atoms with Gasteiger partial charge in [0.15, 0.2) is 0 Å². The summed E-state index contributed by atoms with van der Waals surface area (Å²) in [5.41, 5.74) is 5.81.